The molecule has 0 heterocycles. The lowest BCUT2D eigenvalue weighted by molar-refractivity contribution is 0.115. The Bertz CT molecular complexity index is 507. The van der Waals surface area contributed by atoms with Crippen LogP contribution in [0.25, 0.3) is 0 Å². The van der Waals surface area contributed by atoms with Crippen LogP contribution in [-0.2, 0) is 11.2 Å². The van der Waals surface area contributed by atoms with E-state index < -0.39 is 0 Å². The third-order valence-corrected chi connectivity index (χ3v) is 3.89. The first kappa shape index (κ1) is 21.0. The standard InChI is InChI=1S/C18H29N3O2.HI/c1-3-19-18(21(2)11-12-23-14-16-7-8-16)20-10-9-15-5-4-6-17(22)13-15;/h4-6,13,16,22H,3,7-12,14H2,1-2H3,(H,19,20);1H. The fourth-order valence-electron chi connectivity index (χ4n) is 2.31. The van der Waals surface area contributed by atoms with Gasteiger partial charge < -0.3 is 20.1 Å². The second-order valence-electron chi connectivity index (χ2n) is 6.10. The average molecular weight is 447 g/mol. The number of nitrogens with one attached hydrogen (secondary N) is 1. The van der Waals surface area contributed by atoms with E-state index in [4.69, 9.17) is 4.74 Å². The summed E-state index contributed by atoms with van der Waals surface area (Å²) >= 11 is 0. The monoisotopic (exact) mass is 447 g/mol. The number of aromatic hydroxyl groups is 1. The Hall–Kier alpha value is -1.02. The van der Waals surface area contributed by atoms with Crippen molar-refractivity contribution in [3.8, 4) is 5.75 Å². The molecule has 5 nitrogen and oxygen atoms in total. The second kappa shape index (κ2) is 11.5. The van der Waals surface area contributed by atoms with Gasteiger partial charge in [-0.05, 0) is 49.8 Å². The molecule has 0 unspecified atom stereocenters. The molecule has 0 saturated heterocycles. The Balaban J connectivity index is 0.00000288. The number of hydrogen-bond acceptors (Lipinski definition) is 3. The van der Waals surface area contributed by atoms with Gasteiger partial charge in [-0.15, -0.1) is 24.0 Å². The van der Waals surface area contributed by atoms with E-state index in [2.05, 4.69) is 22.1 Å². The minimum absolute atomic E-state index is 0. The summed E-state index contributed by atoms with van der Waals surface area (Å²) in [5.74, 6) is 2.02. The molecular weight excluding hydrogens is 417 g/mol. The van der Waals surface area contributed by atoms with Crippen LogP contribution in [0, 0.1) is 5.92 Å². The summed E-state index contributed by atoms with van der Waals surface area (Å²) in [7, 11) is 2.04. The Labute approximate surface area is 162 Å². The molecule has 0 aromatic heterocycles. The van der Waals surface area contributed by atoms with Crippen molar-refractivity contribution in [1.29, 1.82) is 0 Å². The Morgan fingerprint density at radius 2 is 2.21 bits per heavy atom. The maximum absolute atomic E-state index is 9.49. The molecule has 1 aromatic carbocycles. The number of hydrogen-bond donors (Lipinski definition) is 2. The third-order valence-electron chi connectivity index (χ3n) is 3.89. The van der Waals surface area contributed by atoms with Crippen LogP contribution >= 0.6 is 24.0 Å². The Morgan fingerprint density at radius 1 is 1.42 bits per heavy atom. The molecule has 0 bridgehead atoms. The maximum Gasteiger partial charge on any atom is 0.193 e. The number of guanidine groups is 1. The number of halogens is 1. The summed E-state index contributed by atoms with van der Waals surface area (Å²) in [6.45, 7) is 6.09. The summed E-state index contributed by atoms with van der Waals surface area (Å²) in [5.41, 5.74) is 1.10. The molecule has 0 aliphatic heterocycles. The van der Waals surface area contributed by atoms with Crippen molar-refractivity contribution in [2.75, 3.05) is 39.9 Å². The van der Waals surface area contributed by atoms with Gasteiger partial charge >= 0.3 is 0 Å². The minimum atomic E-state index is 0. The van der Waals surface area contributed by atoms with Crippen molar-refractivity contribution < 1.29 is 9.84 Å². The number of rotatable bonds is 9. The fourth-order valence-corrected chi connectivity index (χ4v) is 2.31. The van der Waals surface area contributed by atoms with Gasteiger partial charge in [-0.25, -0.2) is 0 Å². The van der Waals surface area contributed by atoms with E-state index in [1.165, 1.54) is 12.8 Å². The predicted molar refractivity (Wildman–Crippen MR) is 109 cm³/mol. The van der Waals surface area contributed by atoms with Crippen molar-refractivity contribution in [3.05, 3.63) is 29.8 Å². The number of aliphatic imine (C=N–C) groups is 1. The zero-order valence-electron chi connectivity index (χ0n) is 14.7. The highest BCUT2D eigenvalue weighted by Crippen LogP contribution is 2.28. The van der Waals surface area contributed by atoms with Gasteiger partial charge in [0.1, 0.15) is 5.75 Å². The van der Waals surface area contributed by atoms with Crippen molar-refractivity contribution in [2.24, 2.45) is 10.9 Å². The first-order valence-corrected chi connectivity index (χ1v) is 8.54. The molecule has 0 spiro atoms. The lowest BCUT2D eigenvalue weighted by Crippen LogP contribution is -2.40. The van der Waals surface area contributed by atoms with Gasteiger partial charge in [0.15, 0.2) is 5.96 Å². The van der Waals surface area contributed by atoms with Crippen LogP contribution in [0.4, 0.5) is 0 Å². The Kier molecular flexibility index (Phi) is 10.1. The zero-order valence-corrected chi connectivity index (χ0v) is 17.0. The smallest absolute Gasteiger partial charge is 0.193 e. The van der Waals surface area contributed by atoms with E-state index in [1.54, 1.807) is 12.1 Å². The normalized spacial score (nSPS) is 14.2. The van der Waals surface area contributed by atoms with Gasteiger partial charge in [0.05, 0.1) is 6.61 Å². The summed E-state index contributed by atoms with van der Waals surface area (Å²) in [6.07, 6.45) is 3.47. The molecule has 1 saturated carbocycles. The van der Waals surface area contributed by atoms with Gasteiger partial charge in [0, 0.05) is 33.3 Å². The van der Waals surface area contributed by atoms with Crippen molar-refractivity contribution in [3.63, 3.8) is 0 Å². The molecule has 1 aliphatic carbocycles. The largest absolute Gasteiger partial charge is 0.508 e. The van der Waals surface area contributed by atoms with Crippen LogP contribution in [0.1, 0.15) is 25.3 Å². The molecule has 0 radical (unpaired) electrons. The quantitative estimate of drug-likeness (QED) is 0.265. The summed E-state index contributed by atoms with van der Waals surface area (Å²) in [5, 5.41) is 12.8. The number of phenols is 1. The van der Waals surface area contributed by atoms with E-state index in [0.717, 1.165) is 50.2 Å². The van der Waals surface area contributed by atoms with E-state index in [1.807, 2.05) is 19.2 Å². The Morgan fingerprint density at radius 3 is 2.88 bits per heavy atom. The fraction of sp³-hybridized carbons (Fsp3) is 0.611. The van der Waals surface area contributed by atoms with Crippen LogP contribution < -0.4 is 5.32 Å². The first-order valence-electron chi connectivity index (χ1n) is 8.54. The summed E-state index contributed by atoms with van der Waals surface area (Å²) in [4.78, 5) is 6.77. The highest BCUT2D eigenvalue weighted by Gasteiger charge is 2.21. The van der Waals surface area contributed by atoms with Gasteiger partial charge in [-0.1, -0.05) is 12.1 Å². The second-order valence-corrected chi connectivity index (χ2v) is 6.10. The number of likely N-dealkylation sites (N-methyl/N-ethyl adjacent to an activating group) is 1. The third kappa shape index (κ3) is 8.19. The number of ether oxygens (including phenoxy) is 1. The van der Waals surface area contributed by atoms with Gasteiger partial charge in [0.2, 0.25) is 0 Å². The minimum Gasteiger partial charge on any atom is -0.508 e. The van der Waals surface area contributed by atoms with E-state index in [0.29, 0.717) is 12.3 Å². The van der Waals surface area contributed by atoms with Crippen molar-refractivity contribution >= 4 is 29.9 Å². The van der Waals surface area contributed by atoms with E-state index >= 15 is 0 Å². The predicted octanol–water partition coefficient (Wildman–Crippen LogP) is 2.88. The molecule has 1 aliphatic rings. The first-order chi connectivity index (χ1) is 11.2. The van der Waals surface area contributed by atoms with Crippen LogP contribution in [0.3, 0.4) is 0 Å². The van der Waals surface area contributed by atoms with Gasteiger partial charge in [-0.3, -0.25) is 4.99 Å². The number of nitrogens with zero attached hydrogens (tertiary/aromatic N) is 2. The van der Waals surface area contributed by atoms with Gasteiger partial charge in [-0.2, -0.15) is 0 Å². The van der Waals surface area contributed by atoms with E-state index in [-0.39, 0.29) is 24.0 Å². The topological polar surface area (TPSA) is 57.1 Å². The molecule has 2 rings (SSSR count). The lowest BCUT2D eigenvalue weighted by atomic mass is 10.1. The number of phenolic OH excluding ortho intramolecular Hbond substituents is 1. The molecule has 1 aromatic rings. The van der Waals surface area contributed by atoms with E-state index in [9.17, 15) is 5.11 Å². The molecule has 0 amide bonds. The van der Waals surface area contributed by atoms with Crippen LogP contribution in [0.5, 0.6) is 5.75 Å². The summed E-state index contributed by atoms with van der Waals surface area (Å²) in [6, 6.07) is 7.35. The molecule has 2 N–H and O–H groups in total. The molecule has 136 valence electrons. The molecular formula is C18H30IN3O2. The highest BCUT2D eigenvalue weighted by atomic mass is 127. The molecule has 24 heavy (non-hydrogen) atoms. The SMILES string of the molecule is CCNC(=NCCc1cccc(O)c1)N(C)CCOCC1CC1.I. The van der Waals surface area contributed by atoms with Crippen molar-refractivity contribution in [2.45, 2.75) is 26.2 Å². The molecule has 6 heteroatoms. The zero-order chi connectivity index (χ0) is 16.5. The molecule has 0 atom stereocenters. The van der Waals surface area contributed by atoms with Crippen molar-refractivity contribution in [1.82, 2.24) is 10.2 Å². The average Bonchev–Trinajstić information content (AvgIpc) is 3.35. The maximum atomic E-state index is 9.49. The lowest BCUT2D eigenvalue weighted by Gasteiger charge is -2.22. The van der Waals surface area contributed by atoms with Crippen LogP contribution in [-0.4, -0.2) is 55.9 Å². The molecule has 1 fully saturated rings. The summed E-state index contributed by atoms with van der Waals surface area (Å²) < 4.78 is 5.69. The highest BCUT2D eigenvalue weighted by molar-refractivity contribution is 14.0. The van der Waals surface area contributed by atoms with Crippen LogP contribution in [0.15, 0.2) is 29.3 Å². The van der Waals surface area contributed by atoms with Crippen LogP contribution in [0.2, 0.25) is 0 Å². The van der Waals surface area contributed by atoms with Gasteiger partial charge in [0.25, 0.3) is 0 Å². The number of benzene rings is 1.